The number of sulfonamides is 1. The van der Waals surface area contributed by atoms with Gasteiger partial charge in [-0.05, 0) is 61.5 Å². The first-order valence-corrected chi connectivity index (χ1v) is 13.0. The smallest absolute Gasteiger partial charge is 0.265 e. The maximum absolute atomic E-state index is 14.1. The van der Waals surface area contributed by atoms with Crippen molar-refractivity contribution in [3.05, 3.63) is 95.6 Å². The number of benzene rings is 4. The minimum atomic E-state index is -4.16. The van der Waals surface area contributed by atoms with Crippen LogP contribution in [0.25, 0.3) is 10.8 Å². The van der Waals surface area contributed by atoms with E-state index in [9.17, 15) is 18.3 Å². The second-order valence-corrected chi connectivity index (χ2v) is 10.5. The Morgan fingerprint density at radius 1 is 0.973 bits per heavy atom. The summed E-state index contributed by atoms with van der Waals surface area (Å²) >= 11 is 0. The van der Waals surface area contributed by atoms with Gasteiger partial charge < -0.3 is 15.6 Å². The van der Waals surface area contributed by atoms with Crippen LogP contribution in [0.5, 0.6) is 5.75 Å². The summed E-state index contributed by atoms with van der Waals surface area (Å²) in [7, 11) is -4.16. The molecule has 4 aromatic rings. The lowest BCUT2D eigenvalue weighted by molar-refractivity contribution is -0.114. The topological polar surface area (TPSA) is 119 Å². The summed E-state index contributed by atoms with van der Waals surface area (Å²) in [5.74, 6) is -0.785. The van der Waals surface area contributed by atoms with Crippen LogP contribution in [0.4, 0.5) is 11.4 Å². The van der Waals surface area contributed by atoms with Crippen molar-refractivity contribution >= 4 is 43.8 Å². The predicted molar refractivity (Wildman–Crippen MR) is 145 cm³/mol. The molecule has 0 aromatic heterocycles. The molecule has 0 aliphatic carbocycles. The van der Waals surface area contributed by atoms with Gasteiger partial charge in [-0.15, -0.1) is 0 Å². The first-order chi connectivity index (χ1) is 17.6. The summed E-state index contributed by atoms with van der Waals surface area (Å²) < 4.78 is 29.3. The standard InChI is InChI=1S/C28H27N3O5S/c1-18-8-6-12-25(19(18)2)31(37(35,36)27-13-7-10-21-9-4-5-11-24(21)27)17-28(33)29-22-14-15-23(20(3)30-34)26(32)16-22/h4-16,32,34H,17H2,1-3H3,(H,29,33). The third kappa shape index (κ3) is 5.12. The average molecular weight is 518 g/mol. The summed E-state index contributed by atoms with van der Waals surface area (Å²) in [4.78, 5) is 13.3. The van der Waals surface area contributed by atoms with Crippen molar-refractivity contribution in [2.24, 2.45) is 5.16 Å². The Hall–Kier alpha value is -4.37. The number of nitrogens with zero attached hydrogens (tertiary/aromatic N) is 2. The molecule has 0 saturated carbocycles. The normalized spacial score (nSPS) is 11.9. The number of phenols is 1. The van der Waals surface area contributed by atoms with Crippen molar-refractivity contribution in [2.45, 2.75) is 25.7 Å². The minimum Gasteiger partial charge on any atom is -0.507 e. The quantitative estimate of drug-likeness (QED) is 0.177. The largest absolute Gasteiger partial charge is 0.507 e. The van der Waals surface area contributed by atoms with Gasteiger partial charge in [0.25, 0.3) is 10.0 Å². The zero-order chi connectivity index (χ0) is 26.7. The van der Waals surface area contributed by atoms with Crippen molar-refractivity contribution in [1.29, 1.82) is 0 Å². The van der Waals surface area contributed by atoms with Gasteiger partial charge in [0.1, 0.15) is 12.3 Å². The van der Waals surface area contributed by atoms with Crippen LogP contribution < -0.4 is 9.62 Å². The monoisotopic (exact) mass is 517 g/mol. The molecule has 0 bridgehead atoms. The fourth-order valence-corrected chi connectivity index (χ4v) is 5.84. The molecule has 0 aliphatic rings. The summed E-state index contributed by atoms with van der Waals surface area (Å²) in [6.45, 7) is 4.72. The minimum absolute atomic E-state index is 0.0973. The Labute approximate surface area is 215 Å². The van der Waals surface area contributed by atoms with E-state index in [2.05, 4.69) is 10.5 Å². The lowest BCUT2D eigenvalue weighted by atomic mass is 10.1. The molecule has 0 radical (unpaired) electrons. The van der Waals surface area contributed by atoms with E-state index in [1.165, 1.54) is 31.2 Å². The molecule has 9 heteroatoms. The number of nitrogens with one attached hydrogen (secondary N) is 1. The molecule has 4 aromatic carbocycles. The zero-order valence-electron chi connectivity index (χ0n) is 20.6. The highest BCUT2D eigenvalue weighted by Gasteiger charge is 2.30. The number of phenolic OH excluding ortho intramolecular Hbond substituents is 1. The average Bonchev–Trinajstić information content (AvgIpc) is 2.88. The number of hydrogen-bond acceptors (Lipinski definition) is 6. The van der Waals surface area contributed by atoms with E-state index < -0.39 is 22.5 Å². The Morgan fingerprint density at radius 2 is 1.68 bits per heavy atom. The van der Waals surface area contributed by atoms with Gasteiger partial charge in [-0.3, -0.25) is 9.10 Å². The van der Waals surface area contributed by atoms with E-state index >= 15 is 0 Å². The molecular formula is C28H27N3O5S. The second kappa shape index (κ2) is 10.3. The molecule has 0 aliphatic heterocycles. The van der Waals surface area contributed by atoms with Crippen LogP contribution in [0.1, 0.15) is 23.6 Å². The molecule has 190 valence electrons. The van der Waals surface area contributed by atoms with E-state index in [0.29, 0.717) is 16.6 Å². The highest BCUT2D eigenvalue weighted by molar-refractivity contribution is 7.93. The molecule has 0 saturated heterocycles. The maximum Gasteiger partial charge on any atom is 0.265 e. The lowest BCUT2D eigenvalue weighted by Crippen LogP contribution is -2.38. The predicted octanol–water partition coefficient (Wildman–Crippen LogP) is 5.19. The number of oxime groups is 1. The van der Waals surface area contributed by atoms with Crippen molar-refractivity contribution in [1.82, 2.24) is 0 Å². The summed E-state index contributed by atoms with van der Waals surface area (Å²) in [5, 5.41) is 26.3. The summed E-state index contributed by atoms with van der Waals surface area (Å²) in [6, 6.07) is 21.9. The van der Waals surface area contributed by atoms with Crippen LogP contribution in [-0.4, -0.2) is 36.9 Å². The number of amides is 1. The van der Waals surface area contributed by atoms with Gasteiger partial charge in [0.15, 0.2) is 0 Å². The Morgan fingerprint density at radius 3 is 2.41 bits per heavy atom. The lowest BCUT2D eigenvalue weighted by Gasteiger charge is -2.27. The number of aryl methyl sites for hydroxylation is 1. The third-order valence-electron chi connectivity index (χ3n) is 6.27. The molecule has 0 fully saturated rings. The number of hydrogen-bond donors (Lipinski definition) is 3. The summed E-state index contributed by atoms with van der Waals surface area (Å²) in [6.07, 6.45) is 0. The fraction of sp³-hybridized carbons (Fsp3) is 0.143. The van der Waals surface area contributed by atoms with Gasteiger partial charge in [-0.2, -0.15) is 0 Å². The van der Waals surface area contributed by atoms with Crippen LogP contribution in [0.2, 0.25) is 0 Å². The SMILES string of the molecule is CC(=NO)c1ccc(NC(=O)CN(c2cccc(C)c2C)S(=O)(=O)c2cccc3ccccc23)cc1O. The number of carbonyl (C=O) groups excluding carboxylic acids is 1. The Balaban J connectivity index is 1.74. The molecule has 3 N–H and O–H groups in total. The highest BCUT2D eigenvalue weighted by Crippen LogP contribution is 2.32. The van der Waals surface area contributed by atoms with Crippen molar-refractivity contribution in [3.8, 4) is 5.75 Å². The van der Waals surface area contributed by atoms with Crippen LogP contribution >= 0.6 is 0 Å². The highest BCUT2D eigenvalue weighted by atomic mass is 32.2. The number of rotatable bonds is 7. The first-order valence-electron chi connectivity index (χ1n) is 11.5. The van der Waals surface area contributed by atoms with Gasteiger partial charge in [0.05, 0.1) is 16.3 Å². The van der Waals surface area contributed by atoms with Crippen LogP contribution in [0.3, 0.4) is 0 Å². The molecule has 8 nitrogen and oxygen atoms in total. The molecule has 0 heterocycles. The molecule has 1 amide bonds. The van der Waals surface area contributed by atoms with Gasteiger partial charge in [0.2, 0.25) is 5.91 Å². The van der Waals surface area contributed by atoms with Crippen LogP contribution in [0, 0.1) is 13.8 Å². The number of aromatic hydroxyl groups is 1. The van der Waals surface area contributed by atoms with Crippen molar-refractivity contribution < 1.29 is 23.5 Å². The Kier molecular flexibility index (Phi) is 7.17. The molecule has 0 atom stereocenters. The molecule has 4 rings (SSSR count). The number of fused-ring (bicyclic) bond motifs is 1. The van der Waals surface area contributed by atoms with Crippen molar-refractivity contribution in [2.75, 3.05) is 16.2 Å². The van der Waals surface area contributed by atoms with Crippen molar-refractivity contribution in [3.63, 3.8) is 0 Å². The van der Waals surface area contributed by atoms with Crippen LogP contribution in [-0.2, 0) is 14.8 Å². The van der Waals surface area contributed by atoms with Gasteiger partial charge in [-0.25, -0.2) is 8.42 Å². The van der Waals surface area contributed by atoms with Gasteiger partial charge in [0, 0.05) is 22.7 Å². The van der Waals surface area contributed by atoms with Gasteiger partial charge >= 0.3 is 0 Å². The summed E-state index contributed by atoms with van der Waals surface area (Å²) in [5.41, 5.74) is 2.79. The number of carbonyl (C=O) groups is 1. The molecule has 0 unspecified atom stereocenters. The third-order valence-corrected chi connectivity index (χ3v) is 8.09. The van der Waals surface area contributed by atoms with Crippen LogP contribution in [0.15, 0.2) is 88.9 Å². The van der Waals surface area contributed by atoms with Gasteiger partial charge in [-0.1, -0.05) is 53.7 Å². The first kappa shape index (κ1) is 25.7. The van der Waals surface area contributed by atoms with E-state index in [0.717, 1.165) is 20.8 Å². The van der Waals surface area contributed by atoms with E-state index in [4.69, 9.17) is 5.21 Å². The zero-order valence-corrected chi connectivity index (χ0v) is 21.5. The maximum atomic E-state index is 14.1. The second-order valence-electron chi connectivity index (χ2n) is 8.67. The molecule has 0 spiro atoms. The fourth-order valence-electron chi connectivity index (χ4n) is 4.14. The Bertz CT molecular complexity index is 1630. The van der Waals surface area contributed by atoms with E-state index in [1.54, 1.807) is 30.3 Å². The molecule has 37 heavy (non-hydrogen) atoms. The number of anilines is 2. The van der Waals surface area contributed by atoms with E-state index in [-0.39, 0.29) is 22.0 Å². The molecular weight excluding hydrogens is 490 g/mol. The van der Waals surface area contributed by atoms with E-state index in [1.807, 2.05) is 38.1 Å².